The first-order chi connectivity index (χ1) is 9.08. The number of nitrogens with zero attached hydrogens (tertiary/aromatic N) is 2. The smallest absolute Gasteiger partial charge is 0.317 e. The van der Waals surface area contributed by atoms with E-state index in [1.807, 2.05) is 23.1 Å². The monoisotopic (exact) mass is 262 g/mol. The average molecular weight is 262 g/mol. The van der Waals surface area contributed by atoms with E-state index in [9.17, 15) is 4.79 Å². The van der Waals surface area contributed by atoms with Crippen molar-refractivity contribution in [1.82, 2.24) is 15.1 Å². The molecular formula is C14H22N4O. The Balaban J connectivity index is 1.88. The Morgan fingerprint density at radius 2 is 2.32 bits per heavy atom. The molecule has 0 spiro atoms. The summed E-state index contributed by atoms with van der Waals surface area (Å²) in [4.78, 5) is 15.5. The molecule has 0 bridgehead atoms. The van der Waals surface area contributed by atoms with E-state index < -0.39 is 0 Å². The van der Waals surface area contributed by atoms with Crippen molar-refractivity contribution in [3.05, 3.63) is 29.8 Å². The number of anilines is 1. The molecule has 104 valence electrons. The van der Waals surface area contributed by atoms with Gasteiger partial charge in [-0.25, -0.2) is 4.79 Å². The van der Waals surface area contributed by atoms with Crippen LogP contribution in [0.2, 0.25) is 0 Å². The zero-order valence-electron chi connectivity index (χ0n) is 11.6. The van der Waals surface area contributed by atoms with E-state index in [1.54, 1.807) is 0 Å². The molecule has 5 nitrogen and oxygen atoms in total. The summed E-state index contributed by atoms with van der Waals surface area (Å²) in [7, 11) is 2.07. The number of likely N-dealkylation sites (N-methyl/N-ethyl adjacent to an activating group) is 1. The topological polar surface area (TPSA) is 61.6 Å². The Kier molecular flexibility index (Phi) is 4.27. The highest BCUT2D eigenvalue weighted by atomic mass is 16.2. The van der Waals surface area contributed by atoms with Crippen molar-refractivity contribution < 1.29 is 4.79 Å². The highest BCUT2D eigenvalue weighted by molar-refractivity contribution is 5.76. The first kappa shape index (κ1) is 13.7. The van der Waals surface area contributed by atoms with E-state index in [2.05, 4.69) is 30.3 Å². The Hall–Kier alpha value is -1.75. The van der Waals surface area contributed by atoms with Crippen LogP contribution in [0.25, 0.3) is 0 Å². The molecule has 0 radical (unpaired) electrons. The summed E-state index contributed by atoms with van der Waals surface area (Å²) in [5.41, 5.74) is 7.80. The second-order valence-electron chi connectivity index (χ2n) is 5.05. The van der Waals surface area contributed by atoms with Crippen LogP contribution in [0.3, 0.4) is 0 Å². The lowest BCUT2D eigenvalue weighted by Crippen LogP contribution is -2.36. The molecule has 5 heteroatoms. The lowest BCUT2D eigenvalue weighted by Gasteiger charge is -2.27. The first-order valence-corrected chi connectivity index (χ1v) is 6.66. The lowest BCUT2D eigenvalue weighted by molar-refractivity contribution is 0.197. The van der Waals surface area contributed by atoms with Crippen molar-refractivity contribution in [3.63, 3.8) is 0 Å². The molecule has 0 aromatic heterocycles. The largest absolute Gasteiger partial charge is 0.399 e. The number of carbonyl (C=O) groups excluding carboxylic acids is 1. The number of hydrogen-bond acceptors (Lipinski definition) is 3. The summed E-state index contributed by atoms with van der Waals surface area (Å²) in [6.07, 6.45) is 0. The second-order valence-corrected chi connectivity index (χ2v) is 5.05. The Morgan fingerprint density at radius 3 is 2.95 bits per heavy atom. The van der Waals surface area contributed by atoms with Crippen molar-refractivity contribution >= 4 is 11.7 Å². The van der Waals surface area contributed by atoms with Gasteiger partial charge in [-0.1, -0.05) is 12.1 Å². The first-order valence-electron chi connectivity index (χ1n) is 6.66. The maximum Gasteiger partial charge on any atom is 0.317 e. The number of urea groups is 1. The van der Waals surface area contributed by atoms with E-state index in [4.69, 9.17) is 5.73 Å². The fourth-order valence-corrected chi connectivity index (χ4v) is 2.27. The maximum absolute atomic E-state index is 11.5. The van der Waals surface area contributed by atoms with Crippen molar-refractivity contribution in [2.24, 2.45) is 0 Å². The molecule has 1 aliphatic heterocycles. The van der Waals surface area contributed by atoms with Crippen LogP contribution in [0.15, 0.2) is 24.3 Å². The van der Waals surface area contributed by atoms with Crippen LogP contribution in [0.5, 0.6) is 0 Å². The zero-order chi connectivity index (χ0) is 13.8. The third kappa shape index (κ3) is 3.38. The van der Waals surface area contributed by atoms with Gasteiger partial charge in [0.05, 0.1) is 0 Å². The third-order valence-corrected chi connectivity index (χ3v) is 3.72. The quantitative estimate of drug-likeness (QED) is 0.786. The van der Waals surface area contributed by atoms with Crippen molar-refractivity contribution in [2.45, 2.75) is 13.0 Å². The van der Waals surface area contributed by atoms with Gasteiger partial charge in [0, 0.05) is 37.9 Å². The molecule has 0 saturated carbocycles. The van der Waals surface area contributed by atoms with E-state index in [-0.39, 0.29) is 12.1 Å². The van der Waals surface area contributed by atoms with Crippen molar-refractivity contribution in [1.29, 1.82) is 0 Å². The minimum atomic E-state index is 0.0463. The normalized spacial score (nSPS) is 16.8. The molecule has 1 aromatic rings. The maximum atomic E-state index is 11.5. The summed E-state index contributed by atoms with van der Waals surface area (Å²) in [6.45, 7) is 5.32. The van der Waals surface area contributed by atoms with Crippen LogP contribution in [0.1, 0.15) is 18.5 Å². The van der Waals surface area contributed by atoms with Gasteiger partial charge in [-0.05, 0) is 31.7 Å². The minimum absolute atomic E-state index is 0.0463. The SMILES string of the molecule is CC(c1cccc(N)c1)N(C)CCN1CCNC1=O. The molecule has 19 heavy (non-hydrogen) atoms. The van der Waals surface area contributed by atoms with E-state index in [0.717, 1.165) is 31.9 Å². The van der Waals surface area contributed by atoms with E-state index in [1.165, 1.54) is 5.56 Å². The fraction of sp³-hybridized carbons (Fsp3) is 0.500. The number of carbonyl (C=O) groups is 1. The molecular weight excluding hydrogens is 240 g/mol. The van der Waals surface area contributed by atoms with Gasteiger partial charge in [-0.15, -0.1) is 0 Å². The predicted octanol–water partition coefficient (Wildman–Crippen LogP) is 1.29. The number of amides is 2. The van der Waals surface area contributed by atoms with Gasteiger partial charge in [-0.3, -0.25) is 4.90 Å². The molecule has 1 saturated heterocycles. The van der Waals surface area contributed by atoms with Crippen molar-refractivity contribution in [2.75, 3.05) is 39.0 Å². The molecule has 1 fully saturated rings. The van der Waals surface area contributed by atoms with Gasteiger partial charge in [0.1, 0.15) is 0 Å². The van der Waals surface area contributed by atoms with Gasteiger partial charge in [0.15, 0.2) is 0 Å². The number of hydrogen-bond donors (Lipinski definition) is 2. The van der Waals surface area contributed by atoms with E-state index >= 15 is 0 Å². The molecule has 0 aliphatic carbocycles. The molecule has 1 aromatic carbocycles. The van der Waals surface area contributed by atoms with Crippen LogP contribution in [-0.4, -0.2) is 49.1 Å². The summed E-state index contributed by atoms with van der Waals surface area (Å²) in [6, 6.07) is 8.29. The van der Waals surface area contributed by atoms with Gasteiger partial charge in [0.25, 0.3) is 0 Å². The highest BCUT2D eigenvalue weighted by Crippen LogP contribution is 2.20. The fourth-order valence-electron chi connectivity index (χ4n) is 2.27. The van der Waals surface area contributed by atoms with E-state index in [0.29, 0.717) is 0 Å². The van der Waals surface area contributed by atoms with Crippen LogP contribution in [0, 0.1) is 0 Å². The van der Waals surface area contributed by atoms with Gasteiger partial charge < -0.3 is 16.0 Å². The van der Waals surface area contributed by atoms with Crippen LogP contribution < -0.4 is 11.1 Å². The second kappa shape index (κ2) is 5.93. The molecule has 1 unspecified atom stereocenters. The summed E-state index contributed by atoms with van der Waals surface area (Å²) >= 11 is 0. The Labute approximate surface area is 114 Å². The number of rotatable bonds is 5. The molecule has 2 amide bonds. The molecule has 2 rings (SSSR count). The molecule has 1 aliphatic rings. The Bertz CT molecular complexity index is 449. The van der Waals surface area contributed by atoms with Gasteiger partial charge >= 0.3 is 6.03 Å². The summed E-state index contributed by atoms with van der Waals surface area (Å²) in [5.74, 6) is 0. The number of nitrogens with one attached hydrogen (secondary N) is 1. The summed E-state index contributed by atoms with van der Waals surface area (Å²) < 4.78 is 0. The van der Waals surface area contributed by atoms with Gasteiger partial charge in [0.2, 0.25) is 0 Å². The highest BCUT2D eigenvalue weighted by Gasteiger charge is 2.20. The lowest BCUT2D eigenvalue weighted by atomic mass is 10.1. The molecule has 1 atom stereocenters. The van der Waals surface area contributed by atoms with Gasteiger partial charge in [-0.2, -0.15) is 0 Å². The zero-order valence-corrected chi connectivity index (χ0v) is 11.6. The third-order valence-electron chi connectivity index (χ3n) is 3.72. The number of nitrogens with two attached hydrogens (primary N) is 1. The Morgan fingerprint density at radius 1 is 1.53 bits per heavy atom. The standard InChI is InChI=1S/C14H22N4O/c1-11(12-4-3-5-13(15)10-12)17(2)8-9-18-7-6-16-14(18)19/h3-5,10-11H,6-9,15H2,1-2H3,(H,16,19). The number of benzene rings is 1. The van der Waals surface area contributed by atoms with Crippen molar-refractivity contribution in [3.8, 4) is 0 Å². The molecule has 1 heterocycles. The van der Waals surface area contributed by atoms with Crippen LogP contribution >= 0.6 is 0 Å². The average Bonchev–Trinajstić information content (AvgIpc) is 2.80. The molecule has 3 N–H and O–H groups in total. The summed E-state index contributed by atoms with van der Waals surface area (Å²) in [5, 5.41) is 2.81. The van der Waals surface area contributed by atoms with Crippen LogP contribution in [-0.2, 0) is 0 Å². The van der Waals surface area contributed by atoms with Crippen LogP contribution in [0.4, 0.5) is 10.5 Å². The predicted molar refractivity (Wildman–Crippen MR) is 76.9 cm³/mol. The minimum Gasteiger partial charge on any atom is -0.399 e. The number of nitrogen functional groups attached to an aromatic ring is 1.